The van der Waals surface area contributed by atoms with Crippen molar-refractivity contribution in [3.63, 3.8) is 0 Å². The average molecular weight is 329 g/mol. The zero-order valence-corrected chi connectivity index (χ0v) is 14.2. The Hall–Kier alpha value is -2.27. The monoisotopic (exact) mass is 329 g/mol. The summed E-state index contributed by atoms with van der Waals surface area (Å²) < 4.78 is 4.92. The van der Waals surface area contributed by atoms with E-state index >= 15 is 0 Å². The van der Waals surface area contributed by atoms with Crippen molar-refractivity contribution < 1.29 is 14.3 Å². The maximum Gasteiger partial charge on any atom is 0.372 e. The fourth-order valence-electron chi connectivity index (χ4n) is 2.00. The molecule has 1 amide bonds. The summed E-state index contributed by atoms with van der Waals surface area (Å²) >= 11 is 0.917. The molecule has 23 heavy (non-hydrogen) atoms. The normalized spacial score (nSPS) is 10.2. The molecule has 4 nitrogen and oxygen atoms in total. The van der Waals surface area contributed by atoms with Gasteiger partial charge in [-0.25, -0.2) is 4.79 Å². The number of carbonyl (C=O) groups is 2. The van der Waals surface area contributed by atoms with E-state index in [0.717, 1.165) is 23.0 Å². The van der Waals surface area contributed by atoms with Gasteiger partial charge in [-0.15, -0.1) is 0 Å². The number of aryl methyl sites for hydroxylation is 2. The number of rotatable bonds is 4. The van der Waals surface area contributed by atoms with Crippen molar-refractivity contribution in [3.05, 3.63) is 59.2 Å². The summed E-state index contributed by atoms with van der Waals surface area (Å²) in [5.41, 5.74) is 3.45. The Bertz CT molecular complexity index is 728. The molecule has 2 rings (SSSR count). The number of hydrogen-bond donors (Lipinski definition) is 1. The lowest BCUT2D eigenvalue weighted by atomic mass is 10.1. The molecular formula is C18H19NO3S. The highest BCUT2D eigenvalue weighted by atomic mass is 32.2. The summed E-state index contributed by atoms with van der Waals surface area (Å²) in [6.45, 7) is 6.07. The van der Waals surface area contributed by atoms with Crippen LogP contribution in [-0.4, -0.2) is 17.8 Å². The van der Waals surface area contributed by atoms with Gasteiger partial charge >= 0.3 is 5.30 Å². The van der Waals surface area contributed by atoms with Crippen LogP contribution >= 0.6 is 11.8 Å². The van der Waals surface area contributed by atoms with E-state index in [9.17, 15) is 9.59 Å². The van der Waals surface area contributed by atoms with E-state index in [0.29, 0.717) is 17.1 Å². The Labute approximate surface area is 140 Å². The fraction of sp³-hybridized carbons (Fsp3) is 0.222. The molecule has 0 bridgehead atoms. The molecule has 0 aliphatic heterocycles. The summed E-state index contributed by atoms with van der Waals surface area (Å²) in [7, 11) is 0. The van der Waals surface area contributed by atoms with Crippen molar-refractivity contribution in [2.45, 2.75) is 25.7 Å². The Morgan fingerprint density at radius 1 is 1.09 bits per heavy atom. The predicted molar refractivity (Wildman–Crippen MR) is 93.2 cm³/mol. The summed E-state index contributed by atoms with van der Waals surface area (Å²) in [6, 6.07) is 12.7. The van der Waals surface area contributed by atoms with Gasteiger partial charge in [0.15, 0.2) is 0 Å². The van der Waals surface area contributed by atoms with Crippen LogP contribution in [0.2, 0.25) is 0 Å². The highest BCUT2D eigenvalue weighted by Crippen LogP contribution is 2.25. The third kappa shape index (κ3) is 4.60. The summed E-state index contributed by atoms with van der Waals surface area (Å²) in [5, 5.41) is 2.45. The summed E-state index contributed by atoms with van der Waals surface area (Å²) in [4.78, 5) is 24.7. The van der Waals surface area contributed by atoms with Crippen LogP contribution < -0.4 is 5.32 Å². The minimum absolute atomic E-state index is 0.249. The molecule has 0 aliphatic rings. The number of anilines is 1. The van der Waals surface area contributed by atoms with Gasteiger partial charge < -0.3 is 10.1 Å². The molecule has 120 valence electrons. The van der Waals surface area contributed by atoms with Gasteiger partial charge in [-0.3, -0.25) is 4.79 Å². The first kappa shape index (κ1) is 17.1. The molecule has 5 heteroatoms. The molecule has 0 radical (unpaired) electrons. The summed E-state index contributed by atoms with van der Waals surface area (Å²) in [5.74, 6) is -0.249. The first-order valence-electron chi connectivity index (χ1n) is 7.33. The maximum absolute atomic E-state index is 12.5. The van der Waals surface area contributed by atoms with Crippen LogP contribution in [0.5, 0.6) is 0 Å². The number of amides is 1. The van der Waals surface area contributed by atoms with Crippen molar-refractivity contribution in [2.24, 2.45) is 0 Å². The van der Waals surface area contributed by atoms with Crippen LogP contribution in [0.4, 0.5) is 10.5 Å². The van der Waals surface area contributed by atoms with Crippen LogP contribution in [0.15, 0.2) is 47.4 Å². The van der Waals surface area contributed by atoms with Gasteiger partial charge in [0.1, 0.15) is 0 Å². The number of carbonyl (C=O) groups excluding carboxylic acids is 2. The number of thioether (sulfide) groups is 1. The lowest BCUT2D eigenvalue weighted by molar-refractivity contribution is 0.102. The molecule has 0 spiro atoms. The van der Waals surface area contributed by atoms with Crippen molar-refractivity contribution in [3.8, 4) is 0 Å². The second-order valence-corrected chi connectivity index (χ2v) is 6.01. The largest absolute Gasteiger partial charge is 0.458 e. The van der Waals surface area contributed by atoms with Crippen LogP contribution in [0.25, 0.3) is 0 Å². The lowest BCUT2D eigenvalue weighted by Gasteiger charge is -2.10. The quantitative estimate of drug-likeness (QED) is 0.646. The third-order valence-electron chi connectivity index (χ3n) is 3.35. The van der Waals surface area contributed by atoms with E-state index in [1.807, 2.05) is 32.0 Å². The minimum atomic E-state index is -0.418. The van der Waals surface area contributed by atoms with E-state index in [4.69, 9.17) is 4.74 Å². The minimum Gasteiger partial charge on any atom is -0.458 e. The van der Waals surface area contributed by atoms with Gasteiger partial charge in [-0.2, -0.15) is 0 Å². The van der Waals surface area contributed by atoms with Crippen molar-refractivity contribution in [1.29, 1.82) is 0 Å². The van der Waals surface area contributed by atoms with Gasteiger partial charge in [0.2, 0.25) is 0 Å². The van der Waals surface area contributed by atoms with Gasteiger partial charge in [0, 0.05) is 10.6 Å². The molecule has 1 N–H and O–H groups in total. The number of benzene rings is 2. The Morgan fingerprint density at radius 2 is 1.83 bits per heavy atom. The zero-order valence-electron chi connectivity index (χ0n) is 13.4. The zero-order chi connectivity index (χ0) is 16.8. The third-order valence-corrected chi connectivity index (χ3v) is 4.21. The van der Waals surface area contributed by atoms with Crippen LogP contribution in [0, 0.1) is 13.8 Å². The van der Waals surface area contributed by atoms with Crippen LogP contribution in [0.1, 0.15) is 28.4 Å². The first-order valence-corrected chi connectivity index (χ1v) is 8.15. The SMILES string of the molecule is CCOC(=O)Sc1ccccc1C(=O)Nc1ccc(C)c(C)c1. The van der Waals surface area contributed by atoms with Gasteiger partial charge in [0.05, 0.1) is 12.2 Å². The molecule has 2 aromatic rings. The molecule has 0 saturated heterocycles. The molecular weight excluding hydrogens is 310 g/mol. The molecule has 2 aromatic carbocycles. The van der Waals surface area contributed by atoms with E-state index in [1.54, 1.807) is 31.2 Å². The van der Waals surface area contributed by atoms with Crippen LogP contribution in [0.3, 0.4) is 0 Å². The molecule has 0 aromatic heterocycles. The second-order valence-electron chi connectivity index (χ2n) is 5.03. The number of nitrogens with one attached hydrogen (secondary N) is 1. The first-order chi connectivity index (χ1) is 11.0. The molecule has 0 heterocycles. The molecule has 0 aliphatic carbocycles. The smallest absolute Gasteiger partial charge is 0.372 e. The predicted octanol–water partition coefficient (Wildman–Crippen LogP) is 4.80. The standard InChI is InChI=1S/C18H19NO3S/c1-4-22-18(21)23-16-8-6-5-7-15(16)17(20)19-14-10-9-12(2)13(3)11-14/h5-11H,4H2,1-3H3,(H,19,20). The maximum atomic E-state index is 12.5. The van der Waals surface area contributed by atoms with Gasteiger partial charge in [-0.1, -0.05) is 18.2 Å². The van der Waals surface area contributed by atoms with E-state index < -0.39 is 5.30 Å². The summed E-state index contributed by atoms with van der Waals surface area (Å²) in [6.07, 6.45) is 0. The Morgan fingerprint density at radius 3 is 2.52 bits per heavy atom. The van der Waals surface area contributed by atoms with E-state index in [1.165, 1.54) is 5.56 Å². The van der Waals surface area contributed by atoms with Gasteiger partial charge in [-0.05, 0) is 67.9 Å². The lowest BCUT2D eigenvalue weighted by Crippen LogP contribution is -2.13. The van der Waals surface area contributed by atoms with Crippen LogP contribution in [-0.2, 0) is 4.74 Å². The molecule has 0 atom stereocenters. The molecule has 0 saturated carbocycles. The molecule has 0 unspecified atom stereocenters. The topological polar surface area (TPSA) is 55.4 Å². The Balaban J connectivity index is 2.18. The highest BCUT2D eigenvalue weighted by Gasteiger charge is 2.15. The van der Waals surface area contributed by atoms with E-state index in [-0.39, 0.29) is 5.91 Å². The highest BCUT2D eigenvalue weighted by molar-refractivity contribution is 8.13. The van der Waals surface area contributed by atoms with E-state index in [2.05, 4.69) is 5.32 Å². The van der Waals surface area contributed by atoms with Crippen molar-refractivity contribution in [2.75, 3.05) is 11.9 Å². The van der Waals surface area contributed by atoms with Crippen molar-refractivity contribution in [1.82, 2.24) is 0 Å². The number of hydrogen-bond acceptors (Lipinski definition) is 4. The number of ether oxygens (including phenoxy) is 1. The molecule has 0 fully saturated rings. The van der Waals surface area contributed by atoms with Gasteiger partial charge in [0.25, 0.3) is 5.91 Å². The second kappa shape index (κ2) is 7.83. The fourth-order valence-corrected chi connectivity index (χ4v) is 2.77. The van der Waals surface area contributed by atoms with Crippen molar-refractivity contribution >= 4 is 28.7 Å². The average Bonchev–Trinajstić information content (AvgIpc) is 2.51. The Kier molecular flexibility index (Phi) is 5.82.